The van der Waals surface area contributed by atoms with Crippen LogP contribution >= 0.6 is 0 Å². The maximum atomic E-state index is 13.5. The Balaban J connectivity index is 1.86. The number of carbonyl (C=O) groups is 3. The number of carbonyl (C=O) groups excluding carboxylic acids is 3. The molecule has 0 saturated carbocycles. The molecule has 1 unspecified atom stereocenters. The molecule has 1 N–H and O–H groups in total. The molecule has 1 saturated heterocycles. The molecule has 202 valence electrons. The van der Waals surface area contributed by atoms with Crippen LogP contribution in [0.15, 0.2) is 72.3 Å². The maximum Gasteiger partial charge on any atom is 0.338 e. The van der Waals surface area contributed by atoms with Gasteiger partial charge < -0.3 is 14.6 Å². The molecule has 1 aliphatic rings. The van der Waals surface area contributed by atoms with Gasteiger partial charge in [0.05, 0.1) is 29.9 Å². The molecule has 1 aliphatic heterocycles. The highest BCUT2D eigenvalue weighted by Gasteiger charge is 2.47. The van der Waals surface area contributed by atoms with Crippen LogP contribution in [0.1, 0.15) is 65.8 Å². The maximum absolute atomic E-state index is 13.5. The van der Waals surface area contributed by atoms with E-state index in [2.05, 4.69) is 0 Å². The molecule has 0 bridgehead atoms. The number of esters is 1. The minimum Gasteiger partial charge on any atom is -0.507 e. The highest BCUT2D eigenvalue weighted by atomic mass is 16.5. The molecule has 0 radical (unpaired) electrons. The van der Waals surface area contributed by atoms with Crippen LogP contribution in [0.5, 0.6) is 5.75 Å². The average molecular weight is 528 g/mol. The SMILES string of the molecule is CCCOC(=O)c1cccc(N2C(=O)C(=O)/C(=C(/O)c3ccc(OC(C)C)c(C)c3)C2c2cccc(C)c2)c1. The van der Waals surface area contributed by atoms with Crippen molar-refractivity contribution in [3.8, 4) is 5.75 Å². The lowest BCUT2D eigenvalue weighted by molar-refractivity contribution is -0.132. The summed E-state index contributed by atoms with van der Waals surface area (Å²) in [5.74, 6) is -1.72. The molecule has 3 aromatic carbocycles. The van der Waals surface area contributed by atoms with E-state index in [9.17, 15) is 19.5 Å². The fourth-order valence-electron chi connectivity index (χ4n) is 4.65. The number of aliphatic hydroxyl groups is 1. The Labute approximate surface area is 228 Å². The fraction of sp³-hybridized carbons (Fsp3) is 0.281. The smallest absolute Gasteiger partial charge is 0.338 e. The van der Waals surface area contributed by atoms with E-state index in [-0.39, 0.29) is 29.6 Å². The predicted octanol–water partition coefficient (Wildman–Crippen LogP) is 6.28. The number of aliphatic hydroxyl groups excluding tert-OH is 1. The Hall–Kier alpha value is -4.39. The highest BCUT2D eigenvalue weighted by Crippen LogP contribution is 2.43. The van der Waals surface area contributed by atoms with Gasteiger partial charge >= 0.3 is 5.97 Å². The van der Waals surface area contributed by atoms with Gasteiger partial charge in [0.15, 0.2) is 0 Å². The zero-order valence-corrected chi connectivity index (χ0v) is 22.9. The molecule has 1 heterocycles. The lowest BCUT2D eigenvalue weighted by Gasteiger charge is -2.26. The summed E-state index contributed by atoms with van der Waals surface area (Å²) in [7, 11) is 0. The van der Waals surface area contributed by atoms with Gasteiger partial charge in [0.1, 0.15) is 11.5 Å². The number of ketones is 1. The molecular weight excluding hydrogens is 494 g/mol. The van der Waals surface area contributed by atoms with Crippen LogP contribution in [-0.2, 0) is 14.3 Å². The number of rotatable bonds is 8. The molecule has 39 heavy (non-hydrogen) atoms. The highest BCUT2D eigenvalue weighted by molar-refractivity contribution is 6.51. The van der Waals surface area contributed by atoms with Crippen LogP contribution in [0.25, 0.3) is 5.76 Å². The lowest BCUT2D eigenvalue weighted by Crippen LogP contribution is -2.29. The van der Waals surface area contributed by atoms with E-state index in [4.69, 9.17) is 9.47 Å². The normalized spacial score (nSPS) is 16.6. The summed E-state index contributed by atoms with van der Waals surface area (Å²) in [5.41, 5.74) is 3.37. The van der Waals surface area contributed by atoms with Gasteiger partial charge in [-0.25, -0.2) is 4.79 Å². The van der Waals surface area contributed by atoms with Gasteiger partial charge in [-0.3, -0.25) is 14.5 Å². The van der Waals surface area contributed by atoms with Gasteiger partial charge in [-0.1, -0.05) is 42.8 Å². The molecule has 1 amide bonds. The Kier molecular flexibility index (Phi) is 8.19. The molecule has 7 heteroatoms. The number of aryl methyl sites for hydroxylation is 2. The fourth-order valence-corrected chi connectivity index (χ4v) is 4.65. The lowest BCUT2D eigenvalue weighted by atomic mass is 9.93. The first-order valence-electron chi connectivity index (χ1n) is 13.0. The van der Waals surface area contributed by atoms with Gasteiger partial charge in [-0.05, 0) is 81.6 Å². The first kappa shape index (κ1) is 27.6. The zero-order chi connectivity index (χ0) is 28.3. The summed E-state index contributed by atoms with van der Waals surface area (Å²) in [5, 5.41) is 11.5. The third kappa shape index (κ3) is 5.72. The number of Topliss-reactive ketones (excluding diaryl/α,β-unsaturated/α-hetero) is 1. The summed E-state index contributed by atoms with van der Waals surface area (Å²) in [6, 6.07) is 18.1. The van der Waals surface area contributed by atoms with E-state index in [0.29, 0.717) is 29.0 Å². The molecule has 3 aromatic rings. The second kappa shape index (κ2) is 11.6. The predicted molar refractivity (Wildman–Crippen MR) is 150 cm³/mol. The summed E-state index contributed by atoms with van der Waals surface area (Å²) in [6.45, 7) is 9.80. The monoisotopic (exact) mass is 527 g/mol. The molecule has 7 nitrogen and oxygen atoms in total. The number of anilines is 1. The van der Waals surface area contributed by atoms with Gasteiger partial charge in [0, 0.05) is 11.3 Å². The minimum absolute atomic E-state index is 0.0233. The quantitative estimate of drug-likeness (QED) is 0.160. The number of hydrogen-bond donors (Lipinski definition) is 1. The minimum atomic E-state index is -0.904. The van der Waals surface area contributed by atoms with Crippen LogP contribution in [0.4, 0.5) is 5.69 Å². The van der Waals surface area contributed by atoms with Crippen molar-refractivity contribution in [1.82, 2.24) is 0 Å². The molecular formula is C32H33NO6. The van der Waals surface area contributed by atoms with Gasteiger partial charge in [0.25, 0.3) is 11.7 Å². The number of nitrogens with zero attached hydrogens (tertiary/aromatic N) is 1. The van der Waals surface area contributed by atoms with Crippen LogP contribution < -0.4 is 9.64 Å². The van der Waals surface area contributed by atoms with Crippen molar-refractivity contribution >= 4 is 29.1 Å². The molecule has 1 fully saturated rings. The van der Waals surface area contributed by atoms with E-state index >= 15 is 0 Å². The van der Waals surface area contributed by atoms with Crippen LogP contribution in [0.3, 0.4) is 0 Å². The number of ether oxygens (including phenoxy) is 2. The molecule has 1 atom stereocenters. The number of hydrogen-bond acceptors (Lipinski definition) is 6. The molecule has 0 aromatic heterocycles. The topological polar surface area (TPSA) is 93.1 Å². The number of amides is 1. The van der Waals surface area contributed by atoms with Crippen LogP contribution in [-0.4, -0.2) is 35.5 Å². The molecule has 0 spiro atoms. The molecule has 0 aliphatic carbocycles. The second-order valence-corrected chi connectivity index (χ2v) is 9.92. The second-order valence-electron chi connectivity index (χ2n) is 9.92. The van der Waals surface area contributed by atoms with Gasteiger partial charge in [-0.15, -0.1) is 0 Å². The van der Waals surface area contributed by atoms with E-state index in [1.165, 1.54) is 11.0 Å². The van der Waals surface area contributed by atoms with E-state index < -0.39 is 23.7 Å². The Morgan fingerprint density at radius 1 is 0.974 bits per heavy atom. The Morgan fingerprint density at radius 3 is 2.38 bits per heavy atom. The zero-order valence-electron chi connectivity index (χ0n) is 22.9. The Morgan fingerprint density at radius 2 is 1.72 bits per heavy atom. The molecule has 4 rings (SSSR count). The van der Waals surface area contributed by atoms with E-state index in [1.807, 2.05) is 58.9 Å². The first-order valence-corrected chi connectivity index (χ1v) is 13.0. The summed E-state index contributed by atoms with van der Waals surface area (Å²) in [6.07, 6.45) is 0.655. The van der Waals surface area contributed by atoms with Crippen molar-refractivity contribution < 1.29 is 29.0 Å². The van der Waals surface area contributed by atoms with Gasteiger partial charge in [-0.2, -0.15) is 0 Å². The number of benzene rings is 3. The third-order valence-corrected chi connectivity index (χ3v) is 6.41. The summed E-state index contributed by atoms with van der Waals surface area (Å²) >= 11 is 0. The van der Waals surface area contributed by atoms with Crippen LogP contribution in [0, 0.1) is 13.8 Å². The van der Waals surface area contributed by atoms with Crippen molar-refractivity contribution in [1.29, 1.82) is 0 Å². The van der Waals surface area contributed by atoms with Crippen LogP contribution in [0.2, 0.25) is 0 Å². The average Bonchev–Trinajstić information content (AvgIpc) is 3.18. The van der Waals surface area contributed by atoms with Gasteiger partial charge in [0.2, 0.25) is 0 Å². The van der Waals surface area contributed by atoms with Crippen molar-refractivity contribution in [3.63, 3.8) is 0 Å². The van der Waals surface area contributed by atoms with Crippen molar-refractivity contribution in [2.45, 2.75) is 53.2 Å². The third-order valence-electron chi connectivity index (χ3n) is 6.41. The van der Waals surface area contributed by atoms with Crippen molar-refractivity contribution in [2.24, 2.45) is 0 Å². The van der Waals surface area contributed by atoms with E-state index in [1.54, 1.807) is 36.4 Å². The standard InChI is InChI=1S/C32H33NO6/c1-6-15-38-32(37)24-11-8-12-25(18-24)33-28(22-10-7-9-20(4)16-22)27(30(35)31(33)36)29(34)23-13-14-26(21(5)17-23)39-19(2)3/h7-14,16-19,28,34H,6,15H2,1-5H3/b29-27+. The summed E-state index contributed by atoms with van der Waals surface area (Å²) < 4.78 is 11.1. The van der Waals surface area contributed by atoms with Crippen molar-refractivity contribution in [2.75, 3.05) is 11.5 Å². The Bertz CT molecular complexity index is 1450. The van der Waals surface area contributed by atoms with Crippen molar-refractivity contribution in [3.05, 3.63) is 100 Å². The largest absolute Gasteiger partial charge is 0.507 e. The first-order chi connectivity index (χ1) is 18.6. The van der Waals surface area contributed by atoms with E-state index in [0.717, 1.165) is 11.1 Å². The summed E-state index contributed by atoms with van der Waals surface area (Å²) in [4.78, 5) is 40.9.